The molecule has 0 bridgehead atoms. The molecule has 1 aliphatic carbocycles. The molecule has 1 unspecified atom stereocenters. The molecule has 0 radical (unpaired) electrons. The van der Waals surface area contributed by atoms with Gasteiger partial charge < -0.3 is 4.74 Å². The van der Waals surface area contributed by atoms with Crippen LogP contribution in [0.1, 0.15) is 43.1 Å². The highest BCUT2D eigenvalue weighted by Crippen LogP contribution is 2.30. The lowest BCUT2D eigenvalue weighted by Gasteiger charge is -2.26. The number of nitrogens with zero attached hydrogens (tertiary/aromatic N) is 1. The van der Waals surface area contributed by atoms with Crippen LogP contribution in [0.5, 0.6) is 0 Å². The highest BCUT2D eigenvalue weighted by molar-refractivity contribution is 7.89. The van der Waals surface area contributed by atoms with Crippen molar-refractivity contribution in [1.29, 1.82) is 0 Å². The third-order valence-corrected chi connectivity index (χ3v) is 4.52. The summed E-state index contributed by atoms with van der Waals surface area (Å²) in [6.07, 6.45) is 4.59. The number of ether oxygens (including phenoxy) is 1. The van der Waals surface area contributed by atoms with Crippen LogP contribution in [0.4, 0.5) is 5.69 Å². The summed E-state index contributed by atoms with van der Waals surface area (Å²) >= 11 is 0. The minimum absolute atomic E-state index is 0.107. The van der Waals surface area contributed by atoms with E-state index in [1.54, 1.807) is 0 Å². The number of nitro groups is 1. The van der Waals surface area contributed by atoms with E-state index in [2.05, 4.69) is 0 Å². The first kappa shape index (κ1) is 15.9. The van der Waals surface area contributed by atoms with Gasteiger partial charge in [-0.25, -0.2) is 13.6 Å². The maximum atomic E-state index is 11.7. The molecular weight excluding hydrogens is 296 g/mol. The molecule has 0 spiro atoms. The topological polar surface area (TPSA) is 113 Å². The summed E-state index contributed by atoms with van der Waals surface area (Å²) in [7, 11) is -3.94. The molecule has 0 saturated heterocycles. The molecule has 2 N–H and O–H groups in total. The lowest BCUT2D eigenvalue weighted by Crippen LogP contribution is -2.29. The van der Waals surface area contributed by atoms with Gasteiger partial charge in [0.15, 0.2) is 5.44 Å². The largest absolute Gasteiger partial charge is 0.353 e. The van der Waals surface area contributed by atoms with Gasteiger partial charge in [-0.2, -0.15) is 0 Å². The second-order valence-corrected chi connectivity index (χ2v) is 6.77. The van der Waals surface area contributed by atoms with E-state index in [1.807, 2.05) is 0 Å². The molecule has 0 aromatic heterocycles. The quantitative estimate of drug-likeness (QED) is 0.661. The van der Waals surface area contributed by atoms with Gasteiger partial charge in [-0.15, -0.1) is 0 Å². The zero-order chi connectivity index (χ0) is 15.5. The number of hydrogen-bond acceptors (Lipinski definition) is 5. The molecule has 1 atom stereocenters. The van der Waals surface area contributed by atoms with Gasteiger partial charge in [0.25, 0.3) is 5.69 Å². The van der Waals surface area contributed by atoms with E-state index in [4.69, 9.17) is 9.88 Å². The van der Waals surface area contributed by atoms with Crippen LogP contribution in [0.2, 0.25) is 0 Å². The van der Waals surface area contributed by atoms with Crippen LogP contribution >= 0.6 is 0 Å². The van der Waals surface area contributed by atoms with Crippen molar-refractivity contribution in [3.05, 3.63) is 39.9 Å². The summed E-state index contributed by atoms with van der Waals surface area (Å²) in [6.45, 7) is 0. The molecule has 8 heteroatoms. The smallest absolute Gasteiger partial charge is 0.269 e. The van der Waals surface area contributed by atoms with Gasteiger partial charge in [0.1, 0.15) is 0 Å². The average Bonchev–Trinajstić information content (AvgIpc) is 2.45. The number of nitro benzene ring substituents is 1. The van der Waals surface area contributed by atoms with E-state index >= 15 is 0 Å². The molecule has 116 valence electrons. The Bertz CT molecular complexity index is 593. The number of sulfonamides is 1. The molecular formula is C13H18N2O5S. The van der Waals surface area contributed by atoms with Gasteiger partial charge in [-0.1, -0.05) is 19.3 Å². The van der Waals surface area contributed by atoms with E-state index in [0.717, 1.165) is 32.1 Å². The average molecular weight is 314 g/mol. The number of nitrogens with two attached hydrogens (primary N) is 1. The van der Waals surface area contributed by atoms with Gasteiger partial charge in [-0.05, 0) is 30.5 Å². The molecule has 0 aliphatic heterocycles. The number of hydrogen-bond donors (Lipinski definition) is 1. The van der Waals surface area contributed by atoms with Gasteiger partial charge in [-0.3, -0.25) is 10.1 Å². The summed E-state index contributed by atoms with van der Waals surface area (Å²) in [5.74, 6) is 0. The van der Waals surface area contributed by atoms with Crippen LogP contribution in [0, 0.1) is 10.1 Å². The van der Waals surface area contributed by atoms with E-state index < -0.39 is 20.4 Å². The van der Waals surface area contributed by atoms with Crippen molar-refractivity contribution < 1.29 is 18.1 Å². The zero-order valence-electron chi connectivity index (χ0n) is 11.5. The van der Waals surface area contributed by atoms with Crippen molar-refractivity contribution in [2.45, 2.75) is 43.6 Å². The molecule has 1 aromatic carbocycles. The van der Waals surface area contributed by atoms with E-state index in [1.165, 1.54) is 24.3 Å². The molecule has 7 nitrogen and oxygen atoms in total. The summed E-state index contributed by atoms with van der Waals surface area (Å²) in [5, 5.41) is 15.9. The van der Waals surface area contributed by atoms with Crippen LogP contribution in [0.25, 0.3) is 0 Å². The summed E-state index contributed by atoms with van der Waals surface area (Å²) < 4.78 is 29.1. The van der Waals surface area contributed by atoms with Crippen molar-refractivity contribution in [3.63, 3.8) is 0 Å². The summed E-state index contributed by atoms with van der Waals surface area (Å²) in [5.41, 5.74) is -1.07. The number of primary sulfonamides is 1. The SMILES string of the molecule is NS(=O)(=O)C(OC1CCCCC1)c1ccc([N+](=O)[O-])cc1. The number of benzene rings is 1. The molecule has 1 saturated carbocycles. The Morgan fingerprint density at radius 1 is 1.19 bits per heavy atom. The van der Waals surface area contributed by atoms with Crippen molar-refractivity contribution >= 4 is 15.7 Å². The summed E-state index contributed by atoms with van der Waals surface area (Å²) in [6, 6.07) is 5.24. The Kier molecular flexibility index (Phi) is 4.92. The predicted molar refractivity (Wildman–Crippen MR) is 76.9 cm³/mol. The number of non-ortho nitro benzene ring substituents is 1. The first-order valence-electron chi connectivity index (χ1n) is 6.79. The van der Waals surface area contributed by atoms with E-state index in [-0.39, 0.29) is 11.8 Å². The van der Waals surface area contributed by atoms with E-state index in [9.17, 15) is 18.5 Å². The second kappa shape index (κ2) is 6.50. The van der Waals surface area contributed by atoms with Gasteiger partial charge in [0.05, 0.1) is 11.0 Å². The predicted octanol–water partition coefficient (Wildman–Crippen LogP) is 2.23. The molecule has 0 amide bonds. The Balaban J connectivity index is 2.21. The van der Waals surface area contributed by atoms with Crippen molar-refractivity contribution in [2.24, 2.45) is 5.14 Å². The Morgan fingerprint density at radius 3 is 2.24 bits per heavy atom. The normalized spacial score (nSPS) is 18.3. The monoisotopic (exact) mass is 314 g/mol. The molecule has 1 aromatic rings. The first-order chi connectivity index (χ1) is 9.88. The second-order valence-electron chi connectivity index (χ2n) is 5.17. The standard InChI is InChI=1S/C13H18N2O5S/c14-21(18,19)13(20-12-4-2-1-3-5-12)10-6-8-11(9-7-10)15(16)17/h6-9,12-13H,1-5H2,(H2,14,18,19). The Labute approximate surface area is 123 Å². The zero-order valence-corrected chi connectivity index (χ0v) is 12.3. The minimum atomic E-state index is -3.94. The van der Waals surface area contributed by atoms with Crippen LogP contribution in [0.3, 0.4) is 0 Å². The lowest BCUT2D eigenvalue weighted by atomic mass is 9.98. The fourth-order valence-electron chi connectivity index (χ4n) is 2.47. The maximum Gasteiger partial charge on any atom is 0.269 e. The van der Waals surface area contributed by atoms with Gasteiger partial charge >= 0.3 is 0 Å². The van der Waals surface area contributed by atoms with Crippen molar-refractivity contribution in [1.82, 2.24) is 0 Å². The van der Waals surface area contributed by atoms with Gasteiger partial charge in [0.2, 0.25) is 10.0 Å². The summed E-state index contributed by atoms with van der Waals surface area (Å²) in [4.78, 5) is 10.1. The highest BCUT2D eigenvalue weighted by Gasteiger charge is 2.29. The maximum absolute atomic E-state index is 11.7. The van der Waals surface area contributed by atoms with Gasteiger partial charge in [0, 0.05) is 12.1 Å². The molecule has 2 rings (SSSR count). The molecule has 1 aliphatic rings. The molecule has 0 heterocycles. The van der Waals surface area contributed by atoms with Crippen molar-refractivity contribution in [3.8, 4) is 0 Å². The van der Waals surface area contributed by atoms with Crippen LogP contribution in [0.15, 0.2) is 24.3 Å². The Hall–Kier alpha value is -1.51. The lowest BCUT2D eigenvalue weighted by molar-refractivity contribution is -0.384. The van der Waals surface area contributed by atoms with E-state index in [0.29, 0.717) is 5.56 Å². The van der Waals surface area contributed by atoms with Crippen LogP contribution in [-0.4, -0.2) is 19.4 Å². The highest BCUT2D eigenvalue weighted by atomic mass is 32.2. The molecule has 1 fully saturated rings. The van der Waals surface area contributed by atoms with Crippen LogP contribution < -0.4 is 5.14 Å². The third kappa shape index (κ3) is 4.23. The Morgan fingerprint density at radius 2 is 1.76 bits per heavy atom. The van der Waals surface area contributed by atoms with Crippen LogP contribution in [-0.2, 0) is 14.8 Å². The molecule has 21 heavy (non-hydrogen) atoms. The first-order valence-corrected chi connectivity index (χ1v) is 8.40. The fraction of sp³-hybridized carbons (Fsp3) is 0.538. The minimum Gasteiger partial charge on any atom is -0.353 e. The fourth-order valence-corrected chi connectivity index (χ4v) is 3.32. The number of rotatable bonds is 5. The third-order valence-electron chi connectivity index (χ3n) is 3.54. The van der Waals surface area contributed by atoms with Crippen molar-refractivity contribution in [2.75, 3.05) is 0 Å².